The van der Waals surface area contributed by atoms with Gasteiger partial charge in [0, 0.05) is 44.9 Å². The molecule has 0 saturated carbocycles. The van der Waals surface area contributed by atoms with Crippen molar-refractivity contribution in [3.8, 4) is 5.75 Å². The van der Waals surface area contributed by atoms with Crippen LogP contribution in [0, 0.1) is 5.41 Å². The maximum atomic E-state index is 12.2. The van der Waals surface area contributed by atoms with E-state index in [1.54, 1.807) is 19.2 Å². The van der Waals surface area contributed by atoms with E-state index in [-0.39, 0.29) is 5.75 Å². The van der Waals surface area contributed by atoms with Gasteiger partial charge in [-0.2, -0.15) is 0 Å². The zero-order valence-corrected chi connectivity index (χ0v) is 14.9. The van der Waals surface area contributed by atoms with Crippen LogP contribution in [0.5, 0.6) is 5.75 Å². The van der Waals surface area contributed by atoms with Gasteiger partial charge in [-0.1, -0.05) is 18.2 Å². The molecule has 0 amide bonds. The number of hydrogen-bond donors (Lipinski definition) is 1. The Morgan fingerprint density at radius 1 is 1.27 bits per heavy atom. The quantitative estimate of drug-likeness (QED) is 0.593. The first-order chi connectivity index (χ1) is 12.4. The van der Waals surface area contributed by atoms with Crippen LogP contribution < -0.4 is 10.1 Å². The van der Waals surface area contributed by atoms with Gasteiger partial charge in [0.15, 0.2) is 0 Å². The van der Waals surface area contributed by atoms with Crippen LogP contribution in [0.4, 0.5) is 13.2 Å². The summed E-state index contributed by atoms with van der Waals surface area (Å²) >= 11 is 0. The van der Waals surface area contributed by atoms with Gasteiger partial charge in [0.05, 0.1) is 5.70 Å². The summed E-state index contributed by atoms with van der Waals surface area (Å²) in [5, 5.41) is 3.33. The van der Waals surface area contributed by atoms with Gasteiger partial charge in [0.1, 0.15) is 5.75 Å². The lowest BCUT2D eigenvalue weighted by Crippen LogP contribution is -2.70. The Hall–Kier alpha value is -2.02. The zero-order valence-electron chi connectivity index (χ0n) is 14.9. The topological polar surface area (TPSA) is 36.9 Å². The molecule has 2 fully saturated rings. The number of ether oxygens (including phenoxy) is 1. The summed E-state index contributed by atoms with van der Waals surface area (Å²) < 4.78 is 40.3. The number of hydrogen-bond acceptors (Lipinski definition) is 4. The van der Waals surface area contributed by atoms with E-state index >= 15 is 0 Å². The number of unbranched alkanes of at least 4 members (excludes halogenated alkanes) is 1. The van der Waals surface area contributed by atoms with Crippen molar-refractivity contribution in [3.05, 3.63) is 41.6 Å². The predicted molar refractivity (Wildman–Crippen MR) is 95.4 cm³/mol. The average Bonchev–Trinajstić information content (AvgIpc) is 2.48. The highest BCUT2D eigenvalue weighted by molar-refractivity contribution is 5.77. The minimum atomic E-state index is -4.64. The highest BCUT2D eigenvalue weighted by Crippen LogP contribution is 2.36. The first-order valence-corrected chi connectivity index (χ1v) is 8.82. The Morgan fingerprint density at radius 3 is 2.50 bits per heavy atom. The summed E-state index contributed by atoms with van der Waals surface area (Å²) in [6, 6.07) is 6.09. The van der Waals surface area contributed by atoms with Gasteiger partial charge in [-0.15, -0.1) is 13.2 Å². The molecule has 0 unspecified atom stereocenters. The van der Waals surface area contributed by atoms with E-state index in [0.29, 0.717) is 5.41 Å². The van der Waals surface area contributed by atoms with Crippen molar-refractivity contribution in [1.82, 2.24) is 10.2 Å². The maximum absolute atomic E-state index is 12.2. The molecule has 1 aromatic carbocycles. The molecule has 2 saturated heterocycles. The summed E-state index contributed by atoms with van der Waals surface area (Å²) in [7, 11) is 1.78. The third-order valence-corrected chi connectivity index (χ3v) is 4.86. The molecule has 2 heterocycles. The van der Waals surface area contributed by atoms with Crippen LogP contribution in [-0.2, 0) is 6.42 Å². The molecule has 26 heavy (non-hydrogen) atoms. The molecule has 4 nitrogen and oxygen atoms in total. The highest BCUT2D eigenvalue weighted by Gasteiger charge is 2.47. The highest BCUT2D eigenvalue weighted by atomic mass is 19.4. The summed E-state index contributed by atoms with van der Waals surface area (Å²) in [6.45, 7) is 4.37. The van der Waals surface area contributed by atoms with Crippen LogP contribution in [-0.4, -0.2) is 50.7 Å². The first-order valence-electron chi connectivity index (χ1n) is 8.82. The van der Waals surface area contributed by atoms with E-state index in [2.05, 4.69) is 26.0 Å². The van der Waals surface area contributed by atoms with E-state index < -0.39 is 6.36 Å². The van der Waals surface area contributed by atoms with Gasteiger partial charge in [0.25, 0.3) is 0 Å². The number of alkyl halides is 3. The fraction of sp³-hybridized carbons (Fsp3) is 0.526. The molecule has 142 valence electrons. The van der Waals surface area contributed by atoms with Crippen LogP contribution in [0.25, 0.3) is 0 Å². The predicted octanol–water partition coefficient (Wildman–Crippen LogP) is 3.40. The molecule has 0 aromatic heterocycles. The molecule has 1 spiro atoms. The monoisotopic (exact) mass is 367 g/mol. The Kier molecular flexibility index (Phi) is 5.55. The Morgan fingerprint density at radius 2 is 1.96 bits per heavy atom. The van der Waals surface area contributed by atoms with Crippen LogP contribution >= 0.6 is 0 Å². The largest absolute Gasteiger partial charge is 0.573 e. The van der Waals surface area contributed by atoms with Crippen molar-refractivity contribution >= 4 is 6.21 Å². The molecular weight excluding hydrogens is 343 g/mol. The van der Waals surface area contributed by atoms with E-state index in [1.807, 2.05) is 6.21 Å². The van der Waals surface area contributed by atoms with E-state index in [4.69, 9.17) is 0 Å². The molecule has 1 aromatic rings. The van der Waals surface area contributed by atoms with Crippen molar-refractivity contribution in [1.29, 1.82) is 0 Å². The lowest BCUT2D eigenvalue weighted by atomic mass is 9.74. The standard InChI is InChI=1S/C19H24F3N3O/c1-23-10-16(25-13-18(14-25)11-24-12-18)5-3-2-4-15-6-8-17(9-7-15)26-19(20,21)22/h5-10,24H,2-4,11-14H2,1H3/b16-5+,23-10?. The van der Waals surface area contributed by atoms with Crippen LogP contribution in [0.2, 0.25) is 0 Å². The number of halogens is 3. The molecular formula is C19H24F3N3O. The van der Waals surface area contributed by atoms with Gasteiger partial charge in [-0.25, -0.2) is 0 Å². The van der Waals surface area contributed by atoms with Crippen molar-refractivity contribution in [3.63, 3.8) is 0 Å². The molecule has 0 aliphatic carbocycles. The second-order valence-electron chi connectivity index (χ2n) is 7.06. The van der Waals surface area contributed by atoms with Gasteiger partial charge >= 0.3 is 6.36 Å². The summed E-state index contributed by atoms with van der Waals surface area (Å²) in [5.41, 5.74) is 2.64. The molecule has 0 radical (unpaired) electrons. The number of rotatable bonds is 7. The van der Waals surface area contributed by atoms with Gasteiger partial charge in [-0.3, -0.25) is 4.99 Å². The number of allylic oxidation sites excluding steroid dienone is 2. The fourth-order valence-electron chi connectivity index (χ4n) is 3.46. The molecule has 0 bridgehead atoms. The summed E-state index contributed by atoms with van der Waals surface area (Å²) in [6.07, 6.45) is 2.11. The van der Waals surface area contributed by atoms with Gasteiger partial charge in [0.2, 0.25) is 0 Å². The second kappa shape index (κ2) is 7.70. The van der Waals surface area contributed by atoms with Crippen molar-refractivity contribution in [2.75, 3.05) is 33.2 Å². The third-order valence-electron chi connectivity index (χ3n) is 4.86. The van der Waals surface area contributed by atoms with Crippen molar-refractivity contribution in [2.45, 2.75) is 25.6 Å². The van der Waals surface area contributed by atoms with E-state index in [1.165, 1.54) is 17.8 Å². The Bertz CT molecular complexity index is 656. The lowest BCUT2D eigenvalue weighted by Gasteiger charge is -2.57. The number of nitrogens with one attached hydrogen (secondary N) is 1. The fourth-order valence-corrected chi connectivity index (χ4v) is 3.46. The molecule has 2 aliphatic rings. The number of benzene rings is 1. The van der Waals surface area contributed by atoms with Crippen molar-refractivity contribution in [2.24, 2.45) is 10.4 Å². The number of aryl methyl sites for hydroxylation is 1. The first kappa shape index (κ1) is 18.8. The SMILES string of the molecule is CN=C/C(=C\CCCc1ccc(OC(F)(F)F)cc1)N1CC2(CNC2)C1. The molecule has 3 rings (SSSR count). The number of nitrogens with zero attached hydrogens (tertiary/aromatic N) is 2. The summed E-state index contributed by atoms with van der Waals surface area (Å²) in [5.74, 6) is -0.181. The minimum absolute atomic E-state index is 0.181. The molecule has 1 N–H and O–H groups in total. The minimum Gasteiger partial charge on any atom is -0.406 e. The van der Waals surface area contributed by atoms with Gasteiger partial charge < -0.3 is 15.0 Å². The summed E-state index contributed by atoms with van der Waals surface area (Å²) in [4.78, 5) is 6.51. The molecule has 2 aliphatic heterocycles. The van der Waals surface area contributed by atoms with Crippen LogP contribution in [0.1, 0.15) is 18.4 Å². The van der Waals surface area contributed by atoms with Crippen LogP contribution in [0.3, 0.4) is 0 Å². The van der Waals surface area contributed by atoms with E-state index in [0.717, 1.165) is 51.0 Å². The smallest absolute Gasteiger partial charge is 0.406 e. The maximum Gasteiger partial charge on any atom is 0.573 e. The normalized spacial score (nSPS) is 19.5. The van der Waals surface area contributed by atoms with Gasteiger partial charge in [-0.05, 0) is 37.0 Å². The van der Waals surface area contributed by atoms with E-state index in [9.17, 15) is 13.2 Å². The molecule has 0 atom stereocenters. The van der Waals surface area contributed by atoms with Crippen LogP contribution in [0.15, 0.2) is 41.0 Å². The van der Waals surface area contributed by atoms with Crippen molar-refractivity contribution < 1.29 is 17.9 Å². The average molecular weight is 367 g/mol. The zero-order chi connectivity index (χ0) is 18.6. The Balaban J connectivity index is 1.45. The number of likely N-dealkylation sites (tertiary alicyclic amines) is 1. The number of aliphatic imine (C=N–C) groups is 1. The third kappa shape index (κ3) is 4.78. The second-order valence-corrected chi connectivity index (χ2v) is 7.06. The molecule has 7 heteroatoms. The lowest BCUT2D eigenvalue weighted by molar-refractivity contribution is -0.274. The Labute approximate surface area is 151 Å².